The maximum absolute atomic E-state index is 9.64. The molecule has 1 aliphatic carbocycles. The smallest absolute Gasteiger partial charge is 0.0650 e. The zero-order valence-electron chi connectivity index (χ0n) is 7.68. The van der Waals surface area contributed by atoms with Gasteiger partial charge in [0.05, 0.1) is 5.60 Å². The van der Waals surface area contributed by atoms with Gasteiger partial charge in [0, 0.05) is 0 Å². The lowest BCUT2D eigenvalue weighted by molar-refractivity contribution is 0.127. The van der Waals surface area contributed by atoms with Gasteiger partial charge in [-0.05, 0) is 57.5 Å². The van der Waals surface area contributed by atoms with Crippen molar-refractivity contribution < 1.29 is 5.11 Å². The van der Waals surface area contributed by atoms with Gasteiger partial charge >= 0.3 is 0 Å². The highest BCUT2D eigenvalue weighted by Crippen LogP contribution is 2.40. The highest BCUT2D eigenvalue weighted by molar-refractivity contribution is 4.93. The lowest BCUT2D eigenvalue weighted by Crippen LogP contribution is -2.28. The molecule has 0 spiro atoms. The Morgan fingerprint density at radius 3 is 2.50 bits per heavy atom. The summed E-state index contributed by atoms with van der Waals surface area (Å²) in [6.07, 6.45) is 7.04. The quantitative estimate of drug-likeness (QED) is 0.667. The van der Waals surface area contributed by atoms with Gasteiger partial charge in [0.1, 0.15) is 0 Å². The summed E-state index contributed by atoms with van der Waals surface area (Å²) in [5.74, 6) is 0.885. The second-order valence-electron chi connectivity index (χ2n) is 4.46. The predicted molar refractivity (Wildman–Crippen MR) is 49.0 cm³/mol. The minimum Gasteiger partial charge on any atom is -0.390 e. The summed E-state index contributed by atoms with van der Waals surface area (Å²) in [7, 11) is 0. The third-order valence-corrected chi connectivity index (χ3v) is 3.30. The summed E-state index contributed by atoms with van der Waals surface area (Å²) in [6, 6.07) is 0. The van der Waals surface area contributed by atoms with Crippen LogP contribution in [0.3, 0.4) is 0 Å². The van der Waals surface area contributed by atoms with Crippen molar-refractivity contribution in [3.05, 3.63) is 0 Å². The standard InChI is InChI=1S/C10H19NO/c12-10(5-6-10)4-1-9-2-7-11-8-3-9/h9,11-12H,1-8H2. The summed E-state index contributed by atoms with van der Waals surface area (Å²) in [5, 5.41) is 13.0. The van der Waals surface area contributed by atoms with Gasteiger partial charge in [-0.2, -0.15) is 0 Å². The van der Waals surface area contributed by atoms with Crippen molar-refractivity contribution in [3.63, 3.8) is 0 Å². The van der Waals surface area contributed by atoms with E-state index < -0.39 is 0 Å². The monoisotopic (exact) mass is 169 g/mol. The molecule has 2 heteroatoms. The van der Waals surface area contributed by atoms with E-state index in [0.29, 0.717) is 0 Å². The molecule has 0 aromatic rings. The Kier molecular flexibility index (Phi) is 2.37. The van der Waals surface area contributed by atoms with Gasteiger partial charge in [-0.15, -0.1) is 0 Å². The molecule has 1 heterocycles. The Balaban J connectivity index is 1.65. The molecule has 0 aromatic carbocycles. The van der Waals surface area contributed by atoms with Crippen molar-refractivity contribution >= 4 is 0 Å². The van der Waals surface area contributed by atoms with E-state index in [9.17, 15) is 5.11 Å². The van der Waals surface area contributed by atoms with Crippen LogP contribution in [-0.4, -0.2) is 23.8 Å². The van der Waals surface area contributed by atoms with Crippen LogP contribution in [0, 0.1) is 5.92 Å². The number of piperidine rings is 1. The van der Waals surface area contributed by atoms with Gasteiger partial charge in [0.2, 0.25) is 0 Å². The van der Waals surface area contributed by atoms with Crippen LogP contribution < -0.4 is 5.32 Å². The van der Waals surface area contributed by atoms with Gasteiger partial charge in [0.25, 0.3) is 0 Å². The zero-order chi connectivity index (χ0) is 8.44. The lowest BCUT2D eigenvalue weighted by Gasteiger charge is -2.23. The first-order chi connectivity index (χ1) is 5.79. The van der Waals surface area contributed by atoms with Crippen LogP contribution in [0.2, 0.25) is 0 Å². The van der Waals surface area contributed by atoms with Crippen LogP contribution in [0.1, 0.15) is 38.5 Å². The minimum atomic E-state index is -0.217. The van der Waals surface area contributed by atoms with Gasteiger partial charge in [-0.25, -0.2) is 0 Å². The van der Waals surface area contributed by atoms with E-state index in [1.165, 1.54) is 32.4 Å². The van der Waals surface area contributed by atoms with Gasteiger partial charge in [0.15, 0.2) is 0 Å². The highest BCUT2D eigenvalue weighted by Gasteiger charge is 2.39. The number of hydrogen-bond donors (Lipinski definition) is 2. The van der Waals surface area contributed by atoms with Crippen LogP contribution in [-0.2, 0) is 0 Å². The molecule has 2 rings (SSSR count). The Bertz CT molecular complexity index is 148. The fourth-order valence-electron chi connectivity index (χ4n) is 2.04. The van der Waals surface area contributed by atoms with Crippen molar-refractivity contribution in [2.24, 2.45) is 5.92 Å². The van der Waals surface area contributed by atoms with Gasteiger partial charge in [-0.3, -0.25) is 0 Å². The molecule has 70 valence electrons. The largest absolute Gasteiger partial charge is 0.390 e. The van der Waals surface area contributed by atoms with Gasteiger partial charge in [-0.1, -0.05) is 0 Å². The topological polar surface area (TPSA) is 32.3 Å². The molecule has 2 N–H and O–H groups in total. The minimum absolute atomic E-state index is 0.217. The summed E-state index contributed by atoms with van der Waals surface area (Å²) in [5.41, 5.74) is -0.217. The zero-order valence-corrected chi connectivity index (χ0v) is 7.68. The summed E-state index contributed by atoms with van der Waals surface area (Å²) >= 11 is 0. The molecule has 2 aliphatic rings. The first-order valence-corrected chi connectivity index (χ1v) is 5.22. The first-order valence-electron chi connectivity index (χ1n) is 5.22. The maximum atomic E-state index is 9.64. The molecule has 0 bridgehead atoms. The number of rotatable bonds is 3. The van der Waals surface area contributed by atoms with E-state index in [1.54, 1.807) is 0 Å². The van der Waals surface area contributed by atoms with Crippen molar-refractivity contribution in [3.8, 4) is 0 Å². The Morgan fingerprint density at radius 2 is 1.92 bits per heavy atom. The molecule has 12 heavy (non-hydrogen) atoms. The van der Waals surface area contributed by atoms with E-state index in [4.69, 9.17) is 0 Å². The summed E-state index contributed by atoms with van der Waals surface area (Å²) in [4.78, 5) is 0. The molecule has 0 unspecified atom stereocenters. The molecule has 0 amide bonds. The summed E-state index contributed by atoms with van der Waals surface area (Å²) < 4.78 is 0. The van der Waals surface area contributed by atoms with Crippen LogP contribution in [0.25, 0.3) is 0 Å². The molecule has 0 radical (unpaired) electrons. The van der Waals surface area contributed by atoms with Crippen LogP contribution >= 0.6 is 0 Å². The van der Waals surface area contributed by atoms with E-state index in [1.807, 2.05) is 0 Å². The van der Waals surface area contributed by atoms with Crippen LogP contribution in [0.4, 0.5) is 0 Å². The Morgan fingerprint density at radius 1 is 1.25 bits per heavy atom. The average molecular weight is 169 g/mol. The van der Waals surface area contributed by atoms with Gasteiger partial charge < -0.3 is 10.4 Å². The molecular formula is C10H19NO. The molecular weight excluding hydrogens is 150 g/mol. The maximum Gasteiger partial charge on any atom is 0.0650 e. The molecule has 2 nitrogen and oxygen atoms in total. The molecule has 1 saturated carbocycles. The molecule has 1 aliphatic heterocycles. The normalized spacial score (nSPS) is 28.8. The van der Waals surface area contributed by atoms with Crippen LogP contribution in [0.15, 0.2) is 0 Å². The highest BCUT2D eigenvalue weighted by atomic mass is 16.3. The summed E-state index contributed by atoms with van der Waals surface area (Å²) in [6.45, 7) is 2.37. The first kappa shape index (κ1) is 8.52. The lowest BCUT2D eigenvalue weighted by atomic mass is 9.91. The predicted octanol–water partition coefficient (Wildman–Crippen LogP) is 1.29. The fraction of sp³-hybridized carbons (Fsp3) is 1.00. The molecule has 0 atom stereocenters. The molecule has 0 aromatic heterocycles. The third kappa shape index (κ3) is 2.20. The molecule has 1 saturated heterocycles. The number of aliphatic hydroxyl groups is 1. The van der Waals surface area contributed by atoms with Crippen molar-refractivity contribution in [1.82, 2.24) is 5.32 Å². The fourth-order valence-corrected chi connectivity index (χ4v) is 2.04. The van der Waals surface area contributed by atoms with E-state index in [-0.39, 0.29) is 5.60 Å². The third-order valence-electron chi connectivity index (χ3n) is 3.30. The van der Waals surface area contributed by atoms with Crippen molar-refractivity contribution in [2.45, 2.75) is 44.1 Å². The number of nitrogens with one attached hydrogen (secondary N) is 1. The molecule has 2 fully saturated rings. The second-order valence-corrected chi connectivity index (χ2v) is 4.46. The second kappa shape index (κ2) is 3.35. The van der Waals surface area contributed by atoms with Crippen LogP contribution in [0.5, 0.6) is 0 Å². The average Bonchev–Trinajstić information content (AvgIpc) is 2.84. The van der Waals surface area contributed by atoms with Crippen molar-refractivity contribution in [1.29, 1.82) is 0 Å². The van der Waals surface area contributed by atoms with Crippen molar-refractivity contribution in [2.75, 3.05) is 13.1 Å². The van der Waals surface area contributed by atoms with E-state index in [2.05, 4.69) is 5.32 Å². The van der Waals surface area contributed by atoms with E-state index in [0.717, 1.165) is 25.2 Å². The Labute approximate surface area is 74.4 Å². The van der Waals surface area contributed by atoms with E-state index >= 15 is 0 Å². The Hall–Kier alpha value is -0.0800. The SMILES string of the molecule is OC1(CCC2CCNCC2)CC1. The number of hydrogen-bond acceptors (Lipinski definition) is 2.